The summed E-state index contributed by atoms with van der Waals surface area (Å²) >= 11 is 0. The fraction of sp³-hybridized carbons (Fsp3) is 0.190. The van der Waals surface area contributed by atoms with Crippen molar-refractivity contribution in [1.29, 1.82) is 0 Å². The SMILES string of the molecule is Cc1cc(C)cc(NC(=O)COC(=O)COc2ccc3ccc(=O)oc3c2)c1. The molecule has 0 fully saturated rings. The number of benzene rings is 2. The average molecular weight is 381 g/mol. The molecule has 0 unspecified atom stereocenters. The second-order valence-electron chi connectivity index (χ2n) is 6.33. The van der Waals surface area contributed by atoms with Crippen molar-refractivity contribution >= 4 is 28.5 Å². The van der Waals surface area contributed by atoms with Crippen LogP contribution in [0.4, 0.5) is 5.69 Å². The van der Waals surface area contributed by atoms with Gasteiger partial charge in [0.1, 0.15) is 11.3 Å². The maximum absolute atomic E-state index is 11.9. The minimum absolute atomic E-state index is 0.346. The molecule has 0 saturated heterocycles. The Kier molecular flexibility index (Phi) is 5.74. The smallest absolute Gasteiger partial charge is 0.344 e. The van der Waals surface area contributed by atoms with E-state index >= 15 is 0 Å². The van der Waals surface area contributed by atoms with Gasteiger partial charge in [-0.1, -0.05) is 6.07 Å². The van der Waals surface area contributed by atoms with Gasteiger partial charge in [-0.3, -0.25) is 4.79 Å². The molecule has 3 rings (SSSR count). The van der Waals surface area contributed by atoms with Crippen LogP contribution in [0, 0.1) is 13.8 Å². The van der Waals surface area contributed by atoms with E-state index in [2.05, 4.69) is 5.32 Å². The van der Waals surface area contributed by atoms with Gasteiger partial charge in [-0.05, 0) is 55.3 Å². The Balaban J connectivity index is 1.49. The van der Waals surface area contributed by atoms with Crippen molar-refractivity contribution in [1.82, 2.24) is 0 Å². The van der Waals surface area contributed by atoms with Crippen molar-refractivity contribution in [2.75, 3.05) is 18.5 Å². The zero-order valence-electron chi connectivity index (χ0n) is 15.5. The quantitative estimate of drug-likeness (QED) is 0.521. The third-order valence-electron chi connectivity index (χ3n) is 3.82. The molecular weight excluding hydrogens is 362 g/mol. The summed E-state index contributed by atoms with van der Waals surface area (Å²) in [4.78, 5) is 35.0. The number of hydrogen-bond donors (Lipinski definition) is 1. The molecule has 1 aromatic heterocycles. The molecule has 0 saturated carbocycles. The number of hydrogen-bond acceptors (Lipinski definition) is 6. The highest BCUT2D eigenvalue weighted by Crippen LogP contribution is 2.19. The third-order valence-corrected chi connectivity index (χ3v) is 3.82. The van der Waals surface area contributed by atoms with Crippen molar-refractivity contribution in [2.24, 2.45) is 0 Å². The molecule has 7 nitrogen and oxygen atoms in total. The molecule has 1 amide bonds. The second kappa shape index (κ2) is 8.39. The van der Waals surface area contributed by atoms with Crippen LogP contribution in [0.3, 0.4) is 0 Å². The molecule has 0 aliphatic carbocycles. The summed E-state index contributed by atoms with van der Waals surface area (Å²) in [6.45, 7) is 3.07. The maximum atomic E-state index is 11.9. The number of anilines is 1. The number of fused-ring (bicyclic) bond motifs is 1. The highest BCUT2D eigenvalue weighted by Gasteiger charge is 2.10. The Labute approximate surface area is 160 Å². The molecule has 3 aromatic rings. The summed E-state index contributed by atoms with van der Waals surface area (Å²) in [5, 5.41) is 3.41. The lowest BCUT2D eigenvalue weighted by Crippen LogP contribution is -2.23. The van der Waals surface area contributed by atoms with Crippen LogP contribution in [-0.2, 0) is 14.3 Å². The van der Waals surface area contributed by atoms with Crippen molar-refractivity contribution in [3.63, 3.8) is 0 Å². The van der Waals surface area contributed by atoms with E-state index in [9.17, 15) is 14.4 Å². The second-order valence-corrected chi connectivity index (χ2v) is 6.33. The molecule has 0 atom stereocenters. The van der Waals surface area contributed by atoms with Gasteiger partial charge < -0.3 is 19.2 Å². The molecule has 28 heavy (non-hydrogen) atoms. The number of nitrogens with one attached hydrogen (secondary N) is 1. The van der Waals surface area contributed by atoms with Gasteiger partial charge in [-0.2, -0.15) is 0 Å². The molecule has 0 spiro atoms. The van der Waals surface area contributed by atoms with E-state index in [1.165, 1.54) is 12.1 Å². The molecule has 1 heterocycles. The first-order valence-corrected chi connectivity index (χ1v) is 8.59. The number of amides is 1. The van der Waals surface area contributed by atoms with E-state index in [0.717, 1.165) is 16.5 Å². The number of carbonyl (C=O) groups excluding carboxylic acids is 2. The largest absolute Gasteiger partial charge is 0.482 e. The average Bonchev–Trinajstić information content (AvgIpc) is 2.63. The number of rotatable bonds is 6. The summed E-state index contributed by atoms with van der Waals surface area (Å²) in [5.74, 6) is -0.783. The standard InChI is InChI=1S/C21H19NO6/c1-13-7-14(2)9-16(8-13)22-19(23)11-27-21(25)12-26-17-5-3-15-4-6-20(24)28-18(15)10-17/h3-10H,11-12H2,1-2H3,(H,22,23). The number of carbonyl (C=O) groups is 2. The fourth-order valence-corrected chi connectivity index (χ4v) is 2.70. The molecule has 0 radical (unpaired) electrons. The van der Waals surface area contributed by atoms with Crippen molar-refractivity contribution in [3.8, 4) is 5.75 Å². The van der Waals surface area contributed by atoms with Gasteiger partial charge >= 0.3 is 11.6 Å². The predicted molar refractivity (Wildman–Crippen MR) is 103 cm³/mol. The van der Waals surface area contributed by atoms with Gasteiger partial charge in [0.25, 0.3) is 5.91 Å². The molecule has 144 valence electrons. The monoisotopic (exact) mass is 381 g/mol. The van der Waals surface area contributed by atoms with Crippen LogP contribution in [0.5, 0.6) is 5.75 Å². The lowest BCUT2D eigenvalue weighted by molar-refractivity contribution is -0.149. The van der Waals surface area contributed by atoms with Gasteiger partial charge in [0.05, 0.1) is 0 Å². The zero-order chi connectivity index (χ0) is 20.1. The minimum atomic E-state index is -0.690. The number of aryl methyl sites for hydroxylation is 2. The molecule has 2 aromatic carbocycles. The predicted octanol–water partition coefficient (Wildman–Crippen LogP) is 2.97. The van der Waals surface area contributed by atoms with Gasteiger partial charge in [0, 0.05) is 23.2 Å². The molecule has 0 aliphatic heterocycles. The summed E-state index contributed by atoms with van der Waals surface area (Å²) in [5.41, 5.74) is 2.57. The van der Waals surface area contributed by atoms with Crippen LogP contribution in [0.15, 0.2) is 57.7 Å². The normalized spacial score (nSPS) is 10.5. The van der Waals surface area contributed by atoms with E-state index in [4.69, 9.17) is 13.9 Å². The van der Waals surface area contributed by atoms with Gasteiger partial charge in [0.2, 0.25) is 0 Å². The van der Waals surface area contributed by atoms with Crippen LogP contribution >= 0.6 is 0 Å². The van der Waals surface area contributed by atoms with Crippen LogP contribution in [-0.4, -0.2) is 25.1 Å². The number of ether oxygens (including phenoxy) is 2. The van der Waals surface area contributed by atoms with E-state index in [1.807, 2.05) is 32.0 Å². The third kappa shape index (κ3) is 5.20. The van der Waals surface area contributed by atoms with Gasteiger partial charge in [-0.15, -0.1) is 0 Å². The van der Waals surface area contributed by atoms with Crippen molar-refractivity contribution in [2.45, 2.75) is 13.8 Å². The topological polar surface area (TPSA) is 94.8 Å². The first-order valence-electron chi connectivity index (χ1n) is 8.59. The van der Waals surface area contributed by atoms with Crippen molar-refractivity contribution < 1.29 is 23.5 Å². The Morgan fingerprint density at radius 2 is 1.68 bits per heavy atom. The van der Waals surface area contributed by atoms with E-state index in [-0.39, 0.29) is 6.61 Å². The summed E-state index contributed by atoms with van der Waals surface area (Å²) in [6.07, 6.45) is 0. The van der Waals surface area contributed by atoms with E-state index in [0.29, 0.717) is 17.0 Å². The zero-order valence-corrected chi connectivity index (χ0v) is 15.5. The summed E-state index contributed by atoms with van der Waals surface area (Å²) in [6, 6.07) is 13.5. The Hall–Kier alpha value is -3.61. The van der Waals surface area contributed by atoms with Crippen LogP contribution in [0.1, 0.15) is 11.1 Å². The molecule has 1 N–H and O–H groups in total. The summed E-state index contributed by atoms with van der Waals surface area (Å²) in [7, 11) is 0. The Bertz CT molecular complexity index is 1070. The Morgan fingerprint density at radius 1 is 0.964 bits per heavy atom. The maximum Gasteiger partial charge on any atom is 0.344 e. The van der Waals surface area contributed by atoms with Crippen LogP contribution in [0.25, 0.3) is 11.0 Å². The lowest BCUT2D eigenvalue weighted by Gasteiger charge is -2.09. The van der Waals surface area contributed by atoms with Crippen LogP contribution in [0.2, 0.25) is 0 Å². The minimum Gasteiger partial charge on any atom is -0.482 e. The molecule has 7 heteroatoms. The van der Waals surface area contributed by atoms with Crippen molar-refractivity contribution in [3.05, 3.63) is 70.1 Å². The fourth-order valence-electron chi connectivity index (χ4n) is 2.70. The van der Waals surface area contributed by atoms with Crippen LogP contribution < -0.4 is 15.7 Å². The molecule has 0 aliphatic rings. The summed E-state index contributed by atoms with van der Waals surface area (Å²) < 4.78 is 15.3. The van der Waals surface area contributed by atoms with Gasteiger partial charge in [-0.25, -0.2) is 9.59 Å². The van der Waals surface area contributed by atoms with E-state index in [1.54, 1.807) is 18.2 Å². The highest BCUT2D eigenvalue weighted by atomic mass is 16.6. The lowest BCUT2D eigenvalue weighted by atomic mass is 10.1. The first kappa shape index (κ1) is 19.2. The van der Waals surface area contributed by atoms with Gasteiger partial charge in [0.15, 0.2) is 13.2 Å². The van der Waals surface area contributed by atoms with E-state index < -0.39 is 24.1 Å². The molecular formula is C21H19NO6. The number of esters is 1. The Morgan fingerprint density at radius 3 is 2.43 bits per heavy atom. The highest BCUT2D eigenvalue weighted by molar-refractivity contribution is 5.93. The molecule has 0 bridgehead atoms. The first-order chi connectivity index (χ1) is 13.4.